The molecule has 1 aromatic carbocycles. The Labute approximate surface area is 169 Å². The Balaban J connectivity index is 1.53. The lowest BCUT2D eigenvalue weighted by Gasteiger charge is -2.34. The van der Waals surface area contributed by atoms with Crippen molar-refractivity contribution in [3.63, 3.8) is 0 Å². The number of aromatic nitrogens is 1. The first-order chi connectivity index (χ1) is 14.0. The van der Waals surface area contributed by atoms with E-state index in [4.69, 9.17) is 9.52 Å². The van der Waals surface area contributed by atoms with E-state index in [0.717, 1.165) is 18.4 Å². The molecule has 154 valence electrons. The lowest BCUT2D eigenvalue weighted by molar-refractivity contribution is -0.135. The average Bonchev–Trinajstić information content (AvgIpc) is 3.18. The highest BCUT2D eigenvalue weighted by Gasteiger charge is 2.26. The predicted molar refractivity (Wildman–Crippen MR) is 106 cm³/mol. The van der Waals surface area contributed by atoms with Crippen molar-refractivity contribution in [1.29, 1.82) is 0 Å². The second-order valence-electron chi connectivity index (χ2n) is 7.22. The van der Waals surface area contributed by atoms with Gasteiger partial charge in [-0.2, -0.15) is 0 Å². The highest BCUT2D eigenvalue weighted by molar-refractivity contribution is 5.83. The summed E-state index contributed by atoms with van der Waals surface area (Å²) in [4.78, 5) is 29.0. The number of carboxylic acids is 1. The summed E-state index contributed by atoms with van der Waals surface area (Å²) < 4.78 is 5.16. The molecule has 2 N–H and O–H groups in total. The number of carboxylic acid groups (broad SMARTS) is 1. The van der Waals surface area contributed by atoms with Crippen molar-refractivity contribution in [3.05, 3.63) is 65.9 Å². The molecule has 29 heavy (non-hydrogen) atoms. The third-order valence-corrected chi connectivity index (χ3v) is 5.01. The van der Waals surface area contributed by atoms with E-state index >= 15 is 0 Å². The van der Waals surface area contributed by atoms with Crippen LogP contribution in [0.5, 0.6) is 0 Å². The number of hydrogen-bond donors (Lipinski definition) is 2. The predicted octanol–water partition coefficient (Wildman–Crippen LogP) is 2.85. The van der Waals surface area contributed by atoms with Gasteiger partial charge >= 0.3 is 5.97 Å². The van der Waals surface area contributed by atoms with E-state index in [9.17, 15) is 14.7 Å². The van der Waals surface area contributed by atoms with Crippen LogP contribution in [-0.2, 0) is 17.6 Å². The Morgan fingerprint density at radius 1 is 1.34 bits per heavy atom. The molecule has 0 aliphatic carbocycles. The van der Waals surface area contributed by atoms with E-state index in [1.807, 2.05) is 41.3 Å². The maximum atomic E-state index is 12.4. The summed E-state index contributed by atoms with van der Waals surface area (Å²) in [5.74, 6) is -0.865. The van der Waals surface area contributed by atoms with Crippen LogP contribution in [0.1, 0.15) is 47.7 Å². The Morgan fingerprint density at radius 3 is 2.86 bits per heavy atom. The van der Waals surface area contributed by atoms with Gasteiger partial charge in [0.05, 0.1) is 18.3 Å². The molecule has 2 aromatic rings. The summed E-state index contributed by atoms with van der Waals surface area (Å²) in [6.45, 7) is 0.535. The van der Waals surface area contributed by atoms with Crippen molar-refractivity contribution < 1.29 is 24.2 Å². The number of benzene rings is 1. The van der Waals surface area contributed by atoms with Gasteiger partial charge in [-0.1, -0.05) is 42.5 Å². The number of aromatic carboxylic acids is 1. The van der Waals surface area contributed by atoms with Crippen molar-refractivity contribution in [2.45, 2.75) is 50.7 Å². The lowest BCUT2D eigenvalue weighted by atomic mass is 9.99. The van der Waals surface area contributed by atoms with Gasteiger partial charge in [0.15, 0.2) is 5.89 Å². The molecule has 0 bridgehead atoms. The van der Waals surface area contributed by atoms with E-state index in [1.165, 1.54) is 6.20 Å². The zero-order valence-corrected chi connectivity index (χ0v) is 16.2. The molecule has 7 nitrogen and oxygen atoms in total. The SMILES string of the molecule is O=C(O)c1cnc(CCCN2C(=O)CCCC2C=CC(O)Cc2ccccc2)o1. The fourth-order valence-corrected chi connectivity index (χ4v) is 3.54. The molecule has 2 unspecified atom stereocenters. The second kappa shape index (κ2) is 10.0. The van der Waals surface area contributed by atoms with Crippen LogP contribution in [0.25, 0.3) is 0 Å². The molecular formula is C22H26N2O5. The van der Waals surface area contributed by atoms with Crippen LogP contribution >= 0.6 is 0 Å². The minimum Gasteiger partial charge on any atom is -0.475 e. The van der Waals surface area contributed by atoms with Gasteiger partial charge in [-0.15, -0.1) is 0 Å². The number of carbonyl (C=O) groups is 2. The van der Waals surface area contributed by atoms with E-state index in [2.05, 4.69) is 4.98 Å². The summed E-state index contributed by atoms with van der Waals surface area (Å²) in [6.07, 6.45) is 8.15. The van der Waals surface area contributed by atoms with E-state index in [-0.39, 0.29) is 17.7 Å². The van der Waals surface area contributed by atoms with Crippen molar-refractivity contribution in [2.24, 2.45) is 0 Å². The first-order valence-electron chi connectivity index (χ1n) is 9.90. The van der Waals surface area contributed by atoms with Crippen LogP contribution in [0, 0.1) is 0 Å². The molecule has 1 amide bonds. The number of oxazole rings is 1. The number of rotatable bonds is 9. The molecule has 1 saturated heterocycles. The van der Waals surface area contributed by atoms with Crippen molar-refractivity contribution in [2.75, 3.05) is 6.54 Å². The van der Waals surface area contributed by atoms with Crippen LogP contribution in [0.4, 0.5) is 0 Å². The second-order valence-corrected chi connectivity index (χ2v) is 7.22. The van der Waals surface area contributed by atoms with Gasteiger partial charge in [0.2, 0.25) is 11.7 Å². The number of aliphatic hydroxyl groups excluding tert-OH is 1. The Kier molecular flexibility index (Phi) is 7.19. The van der Waals surface area contributed by atoms with Crippen molar-refractivity contribution >= 4 is 11.9 Å². The molecule has 1 aliphatic heterocycles. The number of piperidine rings is 1. The molecule has 0 spiro atoms. The van der Waals surface area contributed by atoms with Crippen LogP contribution in [0.15, 0.2) is 53.1 Å². The van der Waals surface area contributed by atoms with Gasteiger partial charge in [-0.25, -0.2) is 9.78 Å². The fourth-order valence-electron chi connectivity index (χ4n) is 3.54. The third-order valence-electron chi connectivity index (χ3n) is 5.01. The number of aryl methyl sites for hydroxylation is 1. The number of hydrogen-bond acceptors (Lipinski definition) is 5. The van der Waals surface area contributed by atoms with E-state index < -0.39 is 12.1 Å². The molecule has 0 saturated carbocycles. The Morgan fingerprint density at radius 2 is 2.14 bits per heavy atom. The van der Waals surface area contributed by atoms with E-state index in [0.29, 0.717) is 38.1 Å². The molecule has 2 atom stereocenters. The molecule has 1 fully saturated rings. The minimum absolute atomic E-state index is 0.0409. The first-order valence-corrected chi connectivity index (χ1v) is 9.90. The Bertz CT molecular complexity index is 846. The zero-order chi connectivity index (χ0) is 20.6. The van der Waals surface area contributed by atoms with Crippen LogP contribution in [0.3, 0.4) is 0 Å². The average molecular weight is 398 g/mol. The molecule has 2 heterocycles. The number of likely N-dealkylation sites (tertiary alicyclic amines) is 1. The summed E-state index contributed by atoms with van der Waals surface area (Å²) in [6, 6.07) is 9.75. The first kappa shape index (κ1) is 20.8. The van der Waals surface area contributed by atoms with E-state index in [1.54, 1.807) is 6.08 Å². The zero-order valence-electron chi connectivity index (χ0n) is 16.2. The molecule has 7 heteroatoms. The fraction of sp³-hybridized carbons (Fsp3) is 0.409. The number of aliphatic hydroxyl groups is 1. The van der Waals surface area contributed by atoms with Crippen molar-refractivity contribution in [1.82, 2.24) is 9.88 Å². The maximum absolute atomic E-state index is 12.4. The van der Waals surface area contributed by atoms with Gasteiger partial charge in [0.25, 0.3) is 0 Å². The summed E-state index contributed by atoms with van der Waals surface area (Å²) >= 11 is 0. The third kappa shape index (κ3) is 6.02. The van der Waals surface area contributed by atoms with Gasteiger partial charge in [-0.05, 0) is 24.8 Å². The van der Waals surface area contributed by atoms with Gasteiger partial charge in [0, 0.05) is 25.8 Å². The topological polar surface area (TPSA) is 104 Å². The molecular weight excluding hydrogens is 372 g/mol. The number of nitrogens with zero attached hydrogens (tertiary/aromatic N) is 2. The molecule has 0 radical (unpaired) electrons. The van der Waals surface area contributed by atoms with Crippen molar-refractivity contribution in [3.8, 4) is 0 Å². The molecule has 1 aromatic heterocycles. The number of amides is 1. The smallest absolute Gasteiger partial charge is 0.373 e. The highest BCUT2D eigenvalue weighted by Crippen LogP contribution is 2.20. The standard InChI is InChI=1S/C22H26N2O5/c25-18(14-16-6-2-1-3-7-16)12-11-17-8-4-10-21(26)24(17)13-5-9-20-23-15-19(29-20)22(27)28/h1-3,6-7,11-12,15,17-18,25H,4-5,8-10,13-14H2,(H,27,28). The monoisotopic (exact) mass is 398 g/mol. The lowest BCUT2D eigenvalue weighted by Crippen LogP contribution is -2.43. The summed E-state index contributed by atoms with van der Waals surface area (Å²) in [5, 5.41) is 19.2. The largest absolute Gasteiger partial charge is 0.475 e. The van der Waals surface area contributed by atoms with Gasteiger partial charge in [0.1, 0.15) is 0 Å². The summed E-state index contributed by atoms with van der Waals surface area (Å²) in [5.41, 5.74) is 1.06. The Hall–Kier alpha value is -2.93. The van der Waals surface area contributed by atoms with Gasteiger partial charge in [-0.3, -0.25) is 4.79 Å². The summed E-state index contributed by atoms with van der Waals surface area (Å²) in [7, 11) is 0. The minimum atomic E-state index is -1.14. The normalized spacial score (nSPS) is 18.3. The molecule has 3 rings (SSSR count). The van der Waals surface area contributed by atoms with Crippen LogP contribution < -0.4 is 0 Å². The maximum Gasteiger partial charge on any atom is 0.373 e. The van der Waals surface area contributed by atoms with Gasteiger partial charge < -0.3 is 19.5 Å². The number of carbonyl (C=O) groups excluding carboxylic acids is 1. The highest BCUT2D eigenvalue weighted by atomic mass is 16.4. The quantitative estimate of drug-likeness (QED) is 0.630. The van der Waals surface area contributed by atoms with Crippen LogP contribution in [-0.4, -0.2) is 50.7 Å². The van der Waals surface area contributed by atoms with Crippen LogP contribution in [0.2, 0.25) is 0 Å². The molecule has 1 aliphatic rings.